The highest BCUT2D eigenvalue weighted by Gasteiger charge is 2.49. The fraction of sp³-hybridized carbons (Fsp3) is 0.667. The fourth-order valence-corrected chi connectivity index (χ4v) is 2.93. The second-order valence-corrected chi connectivity index (χ2v) is 6.08. The normalized spacial score (nSPS) is 24.2. The summed E-state index contributed by atoms with van der Waals surface area (Å²) in [5.41, 5.74) is 5.91. The molecule has 1 aromatic heterocycles. The van der Waals surface area contributed by atoms with E-state index in [-0.39, 0.29) is 35.9 Å². The summed E-state index contributed by atoms with van der Waals surface area (Å²) in [6.07, 6.45) is 1.06. The summed E-state index contributed by atoms with van der Waals surface area (Å²) in [6.45, 7) is 4.57. The van der Waals surface area contributed by atoms with Crippen LogP contribution in [-0.4, -0.2) is 30.1 Å². The van der Waals surface area contributed by atoms with Gasteiger partial charge < -0.3 is 15.8 Å². The van der Waals surface area contributed by atoms with Gasteiger partial charge in [0.15, 0.2) is 0 Å². The number of ether oxygens (including phenoxy) is 1. The monoisotopic (exact) mass is 305 g/mol. The molecule has 1 amide bonds. The van der Waals surface area contributed by atoms with Gasteiger partial charge in [0.1, 0.15) is 10.7 Å². The Bertz CT molecular complexity index is 450. The summed E-state index contributed by atoms with van der Waals surface area (Å²) >= 11 is 1.41. The van der Waals surface area contributed by atoms with E-state index in [1.165, 1.54) is 11.3 Å². The lowest BCUT2D eigenvalue weighted by atomic mass is 9.64. The van der Waals surface area contributed by atoms with Gasteiger partial charge in [-0.25, -0.2) is 4.98 Å². The fourth-order valence-electron chi connectivity index (χ4n) is 2.27. The lowest BCUT2D eigenvalue weighted by molar-refractivity contribution is -0.0942. The van der Waals surface area contributed by atoms with Crippen LogP contribution < -0.4 is 11.1 Å². The van der Waals surface area contributed by atoms with Crippen molar-refractivity contribution in [3.8, 4) is 0 Å². The molecule has 0 radical (unpaired) electrons. The number of halogens is 1. The maximum Gasteiger partial charge on any atom is 0.270 e. The van der Waals surface area contributed by atoms with Crippen LogP contribution in [0.15, 0.2) is 5.38 Å². The van der Waals surface area contributed by atoms with Crippen LogP contribution in [0, 0.1) is 5.41 Å². The molecule has 1 aromatic rings. The highest BCUT2D eigenvalue weighted by molar-refractivity contribution is 7.09. The number of methoxy groups -OCH3 is 1. The molecule has 1 aliphatic carbocycles. The number of carbonyl (C=O) groups is 1. The van der Waals surface area contributed by atoms with Crippen LogP contribution in [0.4, 0.5) is 0 Å². The Morgan fingerprint density at radius 3 is 2.84 bits per heavy atom. The minimum Gasteiger partial charge on any atom is -0.381 e. The van der Waals surface area contributed by atoms with Gasteiger partial charge in [0.25, 0.3) is 5.91 Å². The number of aromatic nitrogens is 1. The zero-order chi connectivity index (χ0) is 13.3. The number of rotatable bonds is 4. The number of nitrogens with one attached hydrogen (secondary N) is 1. The Morgan fingerprint density at radius 1 is 1.68 bits per heavy atom. The first-order valence-electron chi connectivity index (χ1n) is 5.97. The number of nitrogens with two attached hydrogens (primary N) is 1. The molecule has 0 aliphatic heterocycles. The summed E-state index contributed by atoms with van der Waals surface area (Å²) in [5.74, 6) is -0.126. The average Bonchev–Trinajstić information content (AvgIpc) is 2.82. The molecule has 3 N–H and O–H groups in total. The van der Waals surface area contributed by atoms with Crippen molar-refractivity contribution >= 4 is 29.7 Å². The Labute approximate surface area is 123 Å². The van der Waals surface area contributed by atoms with Crippen molar-refractivity contribution in [2.45, 2.75) is 39.0 Å². The predicted octanol–water partition coefficient (Wildman–Crippen LogP) is 1.57. The largest absolute Gasteiger partial charge is 0.381 e. The smallest absolute Gasteiger partial charge is 0.270 e. The van der Waals surface area contributed by atoms with Gasteiger partial charge in [-0.1, -0.05) is 13.8 Å². The third-order valence-electron chi connectivity index (χ3n) is 3.73. The molecular weight excluding hydrogens is 286 g/mol. The van der Waals surface area contributed by atoms with Crippen molar-refractivity contribution < 1.29 is 9.53 Å². The molecule has 1 fully saturated rings. The molecule has 0 bridgehead atoms. The Hall–Kier alpha value is -0.690. The third kappa shape index (κ3) is 3.08. The van der Waals surface area contributed by atoms with Crippen LogP contribution >= 0.6 is 23.7 Å². The topological polar surface area (TPSA) is 77.2 Å². The lowest BCUT2D eigenvalue weighted by Crippen LogP contribution is -2.61. The van der Waals surface area contributed by atoms with Gasteiger partial charge in [-0.15, -0.1) is 23.7 Å². The molecular formula is C12H20ClN3O2S. The van der Waals surface area contributed by atoms with Gasteiger partial charge in [0.2, 0.25) is 0 Å². The highest BCUT2D eigenvalue weighted by atomic mass is 35.5. The van der Waals surface area contributed by atoms with E-state index in [0.717, 1.165) is 11.4 Å². The van der Waals surface area contributed by atoms with E-state index in [1.54, 1.807) is 12.5 Å². The van der Waals surface area contributed by atoms with Crippen molar-refractivity contribution in [2.24, 2.45) is 11.1 Å². The number of hydrogen-bond acceptors (Lipinski definition) is 5. The molecule has 7 heteroatoms. The van der Waals surface area contributed by atoms with Crippen LogP contribution in [0.5, 0.6) is 0 Å². The van der Waals surface area contributed by atoms with E-state index in [4.69, 9.17) is 10.5 Å². The molecule has 0 aromatic carbocycles. The first-order chi connectivity index (χ1) is 8.48. The van der Waals surface area contributed by atoms with Crippen LogP contribution in [0.3, 0.4) is 0 Å². The number of amides is 1. The van der Waals surface area contributed by atoms with Gasteiger partial charge in [0.05, 0.1) is 6.10 Å². The summed E-state index contributed by atoms with van der Waals surface area (Å²) in [6, 6.07) is 0.137. The van der Waals surface area contributed by atoms with E-state index >= 15 is 0 Å². The first kappa shape index (κ1) is 16.4. The van der Waals surface area contributed by atoms with Crippen molar-refractivity contribution in [3.63, 3.8) is 0 Å². The van der Waals surface area contributed by atoms with Crippen molar-refractivity contribution in [1.29, 1.82) is 0 Å². The molecule has 108 valence electrons. The summed E-state index contributed by atoms with van der Waals surface area (Å²) in [5, 5.41) is 5.54. The van der Waals surface area contributed by atoms with E-state index < -0.39 is 0 Å². The third-order valence-corrected chi connectivity index (χ3v) is 4.60. The van der Waals surface area contributed by atoms with Gasteiger partial charge in [-0.05, 0) is 6.42 Å². The minimum atomic E-state index is -0.126. The van der Waals surface area contributed by atoms with Gasteiger partial charge in [-0.2, -0.15) is 0 Å². The number of hydrogen-bond donors (Lipinski definition) is 2. The molecule has 5 nitrogen and oxygen atoms in total. The van der Waals surface area contributed by atoms with Gasteiger partial charge >= 0.3 is 0 Å². The Kier molecular flexibility index (Phi) is 5.32. The standard InChI is InChI=1S/C12H19N3O2S.ClH/c1-12(2)8(4-9(12)17-3)15-11(16)7-6-18-10(5-13)14-7;/h6,8-9H,4-5,13H2,1-3H3,(H,15,16);1H. The first-order valence-corrected chi connectivity index (χ1v) is 6.85. The second-order valence-electron chi connectivity index (χ2n) is 5.14. The lowest BCUT2D eigenvalue weighted by Gasteiger charge is -2.51. The van der Waals surface area contributed by atoms with Gasteiger partial charge in [0, 0.05) is 30.5 Å². The van der Waals surface area contributed by atoms with E-state index in [2.05, 4.69) is 24.1 Å². The molecule has 1 aliphatic rings. The average molecular weight is 306 g/mol. The summed E-state index contributed by atoms with van der Waals surface area (Å²) < 4.78 is 5.36. The zero-order valence-corrected chi connectivity index (χ0v) is 12.9. The number of thiazole rings is 1. The van der Waals surface area contributed by atoms with Gasteiger partial charge in [-0.3, -0.25) is 4.79 Å². The molecule has 1 heterocycles. The van der Waals surface area contributed by atoms with Crippen LogP contribution in [0.2, 0.25) is 0 Å². The zero-order valence-electron chi connectivity index (χ0n) is 11.3. The van der Waals surface area contributed by atoms with Crippen molar-refractivity contribution in [2.75, 3.05) is 7.11 Å². The molecule has 0 saturated heterocycles. The van der Waals surface area contributed by atoms with Crippen LogP contribution in [0.1, 0.15) is 35.8 Å². The van der Waals surface area contributed by atoms with Crippen LogP contribution in [-0.2, 0) is 11.3 Å². The minimum absolute atomic E-state index is 0. The predicted molar refractivity (Wildman–Crippen MR) is 77.7 cm³/mol. The second kappa shape index (κ2) is 6.17. The molecule has 2 unspecified atom stereocenters. The Balaban J connectivity index is 0.00000180. The maximum absolute atomic E-state index is 12.0. The highest BCUT2D eigenvalue weighted by Crippen LogP contribution is 2.42. The molecule has 0 spiro atoms. The number of carbonyl (C=O) groups excluding carboxylic acids is 1. The quantitative estimate of drug-likeness (QED) is 0.885. The van der Waals surface area contributed by atoms with Crippen LogP contribution in [0.25, 0.3) is 0 Å². The summed E-state index contributed by atoms with van der Waals surface area (Å²) in [4.78, 5) is 16.2. The molecule has 2 rings (SSSR count). The number of nitrogens with zero attached hydrogens (tertiary/aromatic N) is 1. The van der Waals surface area contributed by atoms with E-state index in [0.29, 0.717) is 12.2 Å². The molecule has 19 heavy (non-hydrogen) atoms. The maximum atomic E-state index is 12.0. The summed E-state index contributed by atoms with van der Waals surface area (Å²) in [7, 11) is 1.71. The molecule has 2 atom stereocenters. The van der Waals surface area contributed by atoms with Crippen molar-refractivity contribution in [1.82, 2.24) is 10.3 Å². The van der Waals surface area contributed by atoms with E-state index in [9.17, 15) is 4.79 Å². The SMILES string of the molecule is COC1CC(NC(=O)c2csc(CN)n2)C1(C)C.Cl. The molecule has 1 saturated carbocycles. The van der Waals surface area contributed by atoms with Crippen molar-refractivity contribution in [3.05, 3.63) is 16.1 Å². The van der Waals surface area contributed by atoms with E-state index in [1.807, 2.05) is 0 Å². The Morgan fingerprint density at radius 2 is 2.37 bits per heavy atom.